The fourth-order valence-corrected chi connectivity index (χ4v) is 6.56. The molecule has 3 unspecified atom stereocenters. The molecule has 5 atom stereocenters. The van der Waals surface area contributed by atoms with Crippen molar-refractivity contribution in [1.82, 2.24) is 0 Å². The minimum Gasteiger partial charge on any atom is -0.415 e. The first-order valence-electron chi connectivity index (χ1n) is 12.0. The molecule has 172 valence electrons. The lowest BCUT2D eigenvalue weighted by atomic mass is 9.43. The van der Waals surface area contributed by atoms with Gasteiger partial charge in [0.1, 0.15) is 6.00 Å². The topological polar surface area (TPSA) is 36.9 Å². The zero-order chi connectivity index (χ0) is 22.7. The molecule has 0 aromatic heterocycles. The predicted octanol–water partition coefficient (Wildman–Crippen LogP) is 5.86. The molecule has 1 aromatic rings. The summed E-state index contributed by atoms with van der Waals surface area (Å²) in [6, 6.07) is 10.1. The van der Waals surface area contributed by atoms with Crippen LogP contribution in [-0.4, -0.2) is 39.8 Å². The van der Waals surface area contributed by atoms with Crippen molar-refractivity contribution in [3.05, 3.63) is 35.9 Å². The Morgan fingerprint density at radius 1 is 1.13 bits per heavy atom. The van der Waals surface area contributed by atoms with Gasteiger partial charge in [-0.1, -0.05) is 65.0 Å². The Hall–Kier alpha value is -0.658. The molecule has 3 saturated carbocycles. The molecule has 1 heterocycles. The number of benzene rings is 1. The van der Waals surface area contributed by atoms with Gasteiger partial charge >= 0.3 is 7.12 Å². The monoisotopic (exact) mass is 444 g/mol. The summed E-state index contributed by atoms with van der Waals surface area (Å²) >= 11 is 0. The molecular formula is C25H41BO4Si. The van der Waals surface area contributed by atoms with Crippen molar-refractivity contribution in [1.29, 1.82) is 0 Å². The van der Waals surface area contributed by atoms with Gasteiger partial charge in [0.2, 0.25) is 0 Å². The van der Waals surface area contributed by atoms with E-state index in [1.165, 1.54) is 6.42 Å². The van der Waals surface area contributed by atoms with Crippen LogP contribution in [0.4, 0.5) is 0 Å². The van der Waals surface area contributed by atoms with Crippen LogP contribution in [0.3, 0.4) is 0 Å². The zero-order valence-electron chi connectivity index (χ0n) is 20.7. The van der Waals surface area contributed by atoms with Gasteiger partial charge in [-0.15, -0.1) is 0 Å². The standard InChI is InChI=1S/C25H41BO4Si/c1-23(2,3)31(7,8)28-17-22(27-16-18-12-10-9-11-13-18)26-29-21-15-19-14-20(24(19,4)5)25(21,6)30-26/h9-13,19-22H,14-17H2,1-8H3/t19?,20?,21?,22-,25+/m1/s1. The molecule has 4 aliphatic rings. The highest BCUT2D eigenvalue weighted by Gasteiger charge is 2.68. The molecule has 31 heavy (non-hydrogen) atoms. The second-order valence-corrected chi connectivity index (χ2v) is 17.1. The van der Waals surface area contributed by atoms with Crippen molar-refractivity contribution < 1.29 is 18.5 Å². The van der Waals surface area contributed by atoms with Gasteiger partial charge in [-0.05, 0) is 60.7 Å². The molecule has 0 spiro atoms. The van der Waals surface area contributed by atoms with E-state index in [0.29, 0.717) is 24.5 Å². The third kappa shape index (κ3) is 4.19. The van der Waals surface area contributed by atoms with E-state index in [2.05, 4.69) is 66.8 Å². The number of rotatable bonds is 7. The van der Waals surface area contributed by atoms with Gasteiger partial charge in [0.25, 0.3) is 0 Å². The summed E-state index contributed by atoms with van der Waals surface area (Å²) in [7, 11) is -2.28. The summed E-state index contributed by atoms with van der Waals surface area (Å²) in [4.78, 5) is 0. The molecule has 1 aliphatic heterocycles. The maximum Gasteiger partial charge on any atom is 0.491 e. The second-order valence-electron chi connectivity index (χ2n) is 12.2. The van der Waals surface area contributed by atoms with Crippen LogP contribution in [-0.2, 0) is 25.1 Å². The molecule has 4 nitrogen and oxygen atoms in total. The quantitative estimate of drug-likeness (QED) is 0.494. The maximum atomic E-state index is 6.73. The number of ether oxygens (including phenoxy) is 1. The smallest absolute Gasteiger partial charge is 0.415 e. The summed E-state index contributed by atoms with van der Waals surface area (Å²) in [6.45, 7) is 19.5. The van der Waals surface area contributed by atoms with Crippen LogP contribution in [0.5, 0.6) is 0 Å². The molecule has 1 aromatic carbocycles. The van der Waals surface area contributed by atoms with Gasteiger partial charge in [0.15, 0.2) is 8.32 Å². The third-order valence-corrected chi connectivity index (χ3v) is 13.5. The molecule has 5 rings (SSSR count). The predicted molar refractivity (Wildman–Crippen MR) is 128 cm³/mol. The zero-order valence-corrected chi connectivity index (χ0v) is 21.7. The van der Waals surface area contributed by atoms with Crippen LogP contribution in [0.25, 0.3) is 0 Å². The maximum absolute atomic E-state index is 6.73. The van der Waals surface area contributed by atoms with E-state index in [1.807, 2.05) is 18.2 Å². The van der Waals surface area contributed by atoms with Gasteiger partial charge in [0.05, 0.1) is 24.9 Å². The minimum atomic E-state index is -1.90. The average Bonchev–Trinajstić information content (AvgIpc) is 3.04. The Kier molecular flexibility index (Phi) is 6.05. The Bertz CT molecular complexity index is 777. The Labute approximate surface area is 190 Å². The normalized spacial score (nSPS) is 33.0. The van der Waals surface area contributed by atoms with E-state index in [4.69, 9.17) is 18.5 Å². The molecule has 6 heteroatoms. The fraction of sp³-hybridized carbons (Fsp3) is 0.760. The molecule has 1 saturated heterocycles. The van der Waals surface area contributed by atoms with E-state index in [9.17, 15) is 0 Å². The highest BCUT2D eigenvalue weighted by atomic mass is 28.4. The van der Waals surface area contributed by atoms with Crippen LogP contribution in [0.2, 0.25) is 18.1 Å². The molecular weight excluding hydrogens is 403 g/mol. The van der Waals surface area contributed by atoms with Crippen molar-refractivity contribution in [2.24, 2.45) is 17.3 Å². The van der Waals surface area contributed by atoms with Crippen molar-refractivity contribution in [2.75, 3.05) is 6.61 Å². The van der Waals surface area contributed by atoms with Crippen LogP contribution in [0.15, 0.2) is 30.3 Å². The third-order valence-electron chi connectivity index (χ3n) is 8.99. The first-order chi connectivity index (χ1) is 14.3. The van der Waals surface area contributed by atoms with E-state index >= 15 is 0 Å². The summed E-state index contributed by atoms with van der Waals surface area (Å²) in [5.41, 5.74) is 1.26. The number of hydrogen-bond donors (Lipinski definition) is 0. The van der Waals surface area contributed by atoms with E-state index in [0.717, 1.165) is 17.9 Å². The van der Waals surface area contributed by atoms with Crippen molar-refractivity contribution in [2.45, 2.75) is 96.8 Å². The first-order valence-corrected chi connectivity index (χ1v) is 14.9. The molecule has 0 amide bonds. The van der Waals surface area contributed by atoms with E-state index in [-0.39, 0.29) is 29.9 Å². The lowest BCUT2D eigenvalue weighted by Crippen LogP contribution is -2.65. The Morgan fingerprint density at radius 2 is 1.81 bits per heavy atom. The average molecular weight is 444 g/mol. The summed E-state index contributed by atoms with van der Waals surface area (Å²) in [5.74, 6) is 1.29. The minimum absolute atomic E-state index is 0.152. The summed E-state index contributed by atoms with van der Waals surface area (Å²) < 4.78 is 26.3. The second kappa shape index (κ2) is 7.98. The molecule has 0 radical (unpaired) electrons. The first kappa shape index (κ1) is 23.5. The van der Waals surface area contributed by atoms with Crippen LogP contribution < -0.4 is 0 Å². The van der Waals surface area contributed by atoms with Gasteiger partial charge in [-0.3, -0.25) is 0 Å². The van der Waals surface area contributed by atoms with Gasteiger partial charge < -0.3 is 18.5 Å². The molecule has 0 N–H and O–H groups in total. The molecule has 2 bridgehead atoms. The van der Waals surface area contributed by atoms with Crippen molar-refractivity contribution in [3.63, 3.8) is 0 Å². The lowest BCUT2D eigenvalue weighted by Gasteiger charge is -2.64. The van der Waals surface area contributed by atoms with Crippen LogP contribution in [0.1, 0.15) is 59.9 Å². The highest BCUT2D eigenvalue weighted by molar-refractivity contribution is 6.74. The summed E-state index contributed by atoms with van der Waals surface area (Å²) in [5, 5.41) is 0.152. The Morgan fingerprint density at radius 3 is 2.42 bits per heavy atom. The number of hydrogen-bond acceptors (Lipinski definition) is 4. The lowest BCUT2D eigenvalue weighted by molar-refractivity contribution is -0.199. The largest absolute Gasteiger partial charge is 0.491 e. The van der Waals surface area contributed by atoms with Crippen LogP contribution >= 0.6 is 0 Å². The molecule has 3 aliphatic carbocycles. The fourth-order valence-electron chi connectivity index (χ4n) is 5.55. The van der Waals surface area contributed by atoms with Crippen LogP contribution in [0, 0.1) is 17.3 Å². The van der Waals surface area contributed by atoms with Gasteiger partial charge in [0, 0.05) is 0 Å². The van der Waals surface area contributed by atoms with Gasteiger partial charge in [-0.25, -0.2) is 0 Å². The van der Waals surface area contributed by atoms with E-state index in [1.54, 1.807) is 0 Å². The Balaban J connectivity index is 1.49. The van der Waals surface area contributed by atoms with Crippen molar-refractivity contribution in [3.8, 4) is 0 Å². The highest BCUT2D eigenvalue weighted by Crippen LogP contribution is 2.65. The van der Waals surface area contributed by atoms with E-state index < -0.39 is 8.32 Å². The van der Waals surface area contributed by atoms with Crippen molar-refractivity contribution >= 4 is 15.4 Å². The molecule has 4 fully saturated rings. The SMILES string of the molecule is CC1(C)C2CC3OB([C@@H](CO[Si](C)(C)C(C)(C)C)OCc4ccccc4)O[C@@]3(C)C1C2. The van der Waals surface area contributed by atoms with Gasteiger partial charge in [-0.2, -0.15) is 0 Å². The summed E-state index contributed by atoms with van der Waals surface area (Å²) in [6.07, 6.45) is 2.50.